The number of carbonyl (C=O) groups is 3. The molecule has 5 aliphatic rings. The van der Waals surface area contributed by atoms with E-state index >= 15 is 4.39 Å². The number of anilines is 1. The van der Waals surface area contributed by atoms with E-state index in [1.54, 1.807) is 26.8 Å². The second-order valence-corrected chi connectivity index (χ2v) is 13.8. The molecule has 1 saturated carbocycles. The second kappa shape index (κ2) is 11.3. The molecule has 7 atom stereocenters. The highest BCUT2D eigenvalue weighted by Gasteiger charge is 2.53. The summed E-state index contributed by atoms with van der Waals surface area (Å²) in [7, 11) is 0. The summed E-state index contributed by atoms with van der Waals surface area (Å²) in [5.41, 5.74) is 6.11. The monoisotopic (exact) mass is 585 g/mol. The van der Waals surface area contributed by atoms with Gasteiger partial charge in [0.1, 0.15) is 23.5 Å². The minimum absolute atomic E-state index is 0.0101. The van der Waals surface area contributed by atoms with E-state index in [1.165, 1.54) is 11.0 Å². The first kappa shape index (κ1) is 29.2. The molecule has 6 rings (SSSR count). The maximum Gasteiger partial charge on any atom is 0.411 e. The highest BCUT2D eigenvalue weighted by atomic mass is 19.1. The van der Waals surface area contributed by atoms with Crippen molar-refractivity contribution in [2.24, 2.45) is 17.6 Å². The summed E-state index contributed by atoms with van der Waals surface area (Å²) < 4.78 is 26.6. The van der Waals surface area contributed by atoms with Gasteiger partial charge in [0.25, 0.3) is 0 Å². The number of piperidine rings is 1. The van der Waals surface area contributed by atoms with Crippen LogP contribution in [0.25, 0.3) is 0 Å². The van der Waals surface area contributed by atoms with Gasteiger partial charge >= 0.3 is 6.09 Å². The standard InChI is InChI=1S/C31H44FN5O5/c1-31(2,3)42-30(40)37-22-7-5-19(12-22)27(37)29(39)34-25(28(33)38)13-18-4-6-21(14-24(18)32)35-15-20-8-10-36(26(20)16-35)23-9-11-41-17-23/h4,6,14,19-20,22-23,25-27H,5,7-13,15-17H2,1-3H3,(H2,33,38)(H,34,39). The Bertz CT molecular complexity index is 1220. The van der Waals surface area contributed by atoms with Crippen LogP contribution >= 0.6 is 0 Å². The number of amides is 3. The zero-order chi connectivity index (χ0) is 29.8. The summed E-state index contributed by atoms with van der Waals surface area (Å²) in [6.45, 7) is 9.83. The fraction of sp³-hybridized carbons (Fsp3) is 0.710. The lowest BCUT2D eigenvalue weighted by Crippen LogP contribution is -2.57. The van der Waals surface area contributed by atoms with Crippen LogP contribution in [0.5, 0.6) is 0 Å². The van der Waals surface area contributed by atoms with Gasteiger partial charge in [0, 0.05) is 49.9 Å². The number of benzene rings is 1. The van der Waals surface area contributed by atoms with Crippen molar-refractivity contribution >= 4 is 23.6 Å². The molecular formula is C31H44FN5O5. The first-order valence-corrected chi connectivity index (χ1v) is 15.5. The first-order chi connectivity index (χ1) is 20.0. The smallest absolute Gasteiger partial charge is 0.411 e. The van der Waals surface area contributed by atoms with Crippen LogP contribution in [0.4, 0.5) is 14.9 Å². The Morgan fingerprint density at radius 1 is 1.12 bits per heavy atom. The van der Waals surface area contributed by atoms with Crippen molar-refractivity contribution in [1.29, 1.82) is 0 Å². The van der Waals surface area contributed by atoms with E-state index in [2.05, 4.69) is 15.1 Å². The van der Waals surface area contributed by atoms with E-state index in [4.69, 9.17) is 15.2 Å². The van der Waals surface area contributed by atoms with Crippen molar-refractivity contribution in [2.75, 3.05) is 37.7 Å². The number of hydrogen-bond acceptors (Lipinski definition) is 7. The lowest BCUT2D eigenvalue weighted by Gasteiger charge is -2.36. The third-order valence-corrected chi connectivity index (χ3v) is 9.91. The molecular weight excluding hydrogens is 541 g/mol. The summed E-state index contributed by atoms with van der Waals surface area (Å²) in [5.74, 6) is -1.07. The van der Waals surface area contributed by atoms with Gasteiger partial charge in [0.05, 0.1) is 6.61 Å². The number of carbonyl (C=O) groups excluding carboxylic acids is 3. The lowest BCUT2D eigenvalue weighted by atomic mass is 9.97. The Hall–Kier alpha value is -2.92. The van der Waals surface area contributed by atoms with Gasteiger partial charge in [-0.1, -0.05) is 6.07 Å². The molecule has 230 valence electrons. The molecule has 3 N–H and O–H groups in total. The Kier molecular flexibility index (Phi) is 7.84. The summed E-state index contributed by atoms with van der Waals surface area (Å²) in [6.07, 6.45) is 3.98. The van der Waals surface area contributed by atoms with Crippen molar-refractivity contribution in [3.63, 3.8) is 0 Å². The van der Waals surface area contributed by atoms with E-state index in [0.29, 0.717) is 23.6 Å². The van der Waals surface area contributed by atoms with E-state index in [1.807, 2.05) is 6.07 Å². The molecule has 4 saturated heterocycles. The van der Waals surface area contributed by atoms with Gasteiger partial charge in [0.15, 0.2) is 0 Å². The van der Waals surface area contributed by atoms with Gasteiger partial charge < -0.3 is 25.4 Å². The van der Waals surface area contributed by atoms with Crippen LogP contribution in [0.3, 0.4) is 0 Å². The number of primary amides is 1. The molecule has 4 heterocycles. The van der Waals surface area contributed by atoms with Gasteiger partial charge in [-0.2, -0.15) is 0 Å². The van der Waals surface area contributed by atoms with Crippen molar-refractivity contribution < 1.29 is 28.2 Å². The molecule has 1 aromatic rings. The van der Waals surface area contributed by atoms with Crippen LogP contribution in [-0.4, -0.2) is 96.4 Å². The molecule has 3 amide bonds. The maximum absolute atomic E-state index is 15.4. The summed E-state index contributed by atoms with van der Waals surface area (Å²) >= 11 is 0. The highest BCUT2D eigenvalue weighted by Crippen LogP contribution is 2.43. The molecule has 11 heteroatoms. The molecule has 0 aromatic heterocycles. The van der Waals surface area contributed by atoms with Crippen molar-refractivity contribution in [3.05, 3.63) is 29.6 Å². The lowest BCUT2D eigenvalue weighted by molar-refractivity contribution is -0.132. The number of nitrogens with two attached hydrogens (primary N) is 1. The fourth-order valence-corrected chi connectivity index (χ4v) is 7.94. The van der Waals surface area contributed by atoms with E-state index in [-0.39, 0.29) is 18.4 Å². The van der Waals surface area contributed by atoms with Crippen LogP contribution in [0, 0.1) is 17.7 Å². The van der Waals surface area contributed by atoms with Gasteiger partial charge in [-0.05, 0) is 89.0 Å². The largest absolute Gasteiger partial charge is 0.444 e. The number of halogens is 1. The molecule has 5 fully saturated rings. The van der Waals surface area contributed by atoms with Gasteiger partial charge in [-0.25, -0.2) is 9.18 Å². The first-order valence-electron chi connectivity index (χ1n) is 15.5. The predicted molar refractivity (Wildman–Crippen MR) is 154 cm³/mol. The quantitative estimate of drug-likeness (QED) is 0.505. The Balaban J connectivity index is 1.11. The summed E-state index contributed by atoms with van der Waals surface area (Å²) in [6, 6.07) is 4.14. The van der Waals surface area contributed by atoms with Gasteiger partial charge in [0.2, 0.25) is 11.8 Å². The van der Waals surface area contributed by atoms with Crippen LogP contribution in [0.15, 0.2) is 18.2 Å². The van der Waals surface area contributed by atoms with Crippen LogP contribution in [-0.2, 0) is 25.5 Å². The number of likely N-dealkylation sites (tertiary alicyclic amines) is 2. The normalized spacial score (nSPS) is 31.4. The average Bonchev–Trinajstić information content (AvgIpc) is 3.74. The number of rotatable bonds is 7. The predicted octanol–water partition coefficient (Wildman–Crippen LogP) is 2.43. The molecule has 42 heavy (non-hydrogen) atoms. The molecule has 4 aliphatic heterocycles. The molecule has 1 aliphatic carbocycles. The van der Waals surface area contributed by atoms with E-state index < -0.39 is 41.4 Å². The Morgan fingerprint density at radius 3 is 2.62 bits per heavy atom. The maximum atomic E-state index is 15.4. The zero-order valence-electron chi connectivity index (χ0n) is 24.9. The minimum Gasteiger partial charge on any atom is -0.444 e. The second-order valence-electron chi connectivity index (χ2n) is 13.8. The number of nitrogens with one attached hydrogen (secondary N) is 1. The molecule has 0 radical (unpaired) electrons. The number of nitrogens with zero attached hydrogens (tertiary/aromatic N) is 3. The van der Waals surface area contributed by atoms with Crippen LogP contribution < -0.4 is 16.0 Å². The molecule has 7 unspecified atom stereocenters. The van der Waals surface area contributed by atoms with E-state index in [9.17, 15) is 14.4 Å². The zero-order valence-corrected chi connectivity index (χ0v) is 24.9. The minimum atomic E-state index is -1.11. The molecule has 1 aromatic carbocycles. The van der Waals surface area contributed by atoms with E-state index in [0.717, 1.165) is 70.6 Å². The highest BCUT2D eigenvalue weighted by molar-refractivity contribution is 5.91. The fourth-order valence-electron chi connectivity index (χ4n) is 7.94. The van der Waals surface area contributed by atoms with Crippen molar-refractivity contribution in [2.45, 2.75) is 95.1 Å². The van der Waals surface area contributed by atoms with Crippen LogP contribution in [0.1, 0.15) is 58.4 Å². The molecule has 0 spiro atoms. The summed E-state index contributed by atoms with van der Waals surface area (Å²) in [5, 5.41) is 2.74. The summed E-state index contributed by atoms with van der Waals surface area (Å²) in [4.78, 5) is 45.2. The van der Waals surface area contributed by atoms with Gasteiger partial charge in [-0.15, -0.1) is 0 Å². The number of ether oxygens (including phenoxy) is 2. The topological polar surface area (TPSA) is 117 Å². The Labute approximate surface area is 247 Å². The van der Waals surface area contributed by atoms with Gasteiger partial charge in [-0.3, -0.25) is 19.4 Å². The average molecular weight is 586 g/mol. The number of hydrogen-bond donors (Lipinski definition) is 2. The van der Waals surface area contributed by atoms with Crippen molar-refractivity contribution in [1.82, 2.24) is 15.1 Å². The molecule has 10 nitrogen and oxygen atoms in total. The third kappa shape index (κ3) is 5.69. The SMILES string of the molecule is CC(C)(C)OC(=O)N1C2CCC(C2)C1C(=O)NC(Cc1ccc(N2CC3CCN(C4CCOC4)C3C2)cc1F)C(N)=O. The Morgan fingerprint density at radius 2 is 1.93 bits per heavy atom. The van der Waals surface area contributed by atoms with Crippen molar-refractivity contribution in [3.8, 4) is 0 Å². The third-order valence-electron chi connectivity index (χ3n) is 9.91. The molecule has 2 bridgehead atoms. The van der Waals surface area contributed by atoms with Crippen LogP contribution in [0.2, 0.25) is 0 Å². The number of fused-ring (bicyclic) bond motifs is 3.